The van der Waals surface area contributed by atoms with Gasteiger partial charge < -0.3 is 10.4 Å². The lowest BCUT2D eigenvalue weighted by atomic mass is 10.3. The number of carbonyl (C=O) groups excluding carboxylic acids is 1. The number of nitriles is 1. The van der Waals surface area contributed by atoms with Gasteiger partial charge in [0.15, 0.2) is 5.69 Å². The van der Waals surface area contributed by atoms with E-state index in [2.05, 4.69) is 26.2 Å². The van der Waals surface area contributed by atoms with Gasteiger partial charge in [0.05, 0.1) is 16.9 Å². The summed E-state index contributed by atoms with van der Waals surface area (Å²) in [5, 5.41) is 20.5. The van der Waals surface area contributed by atoms with Crippen molar-refractivity contribution in [2.45, 2.75) is 6.10 Å². The molecule has 0 aliphatic heterocycles. The third-order valence-corrected chi connectivity index (χ3v) is 2.56. The number of amides is 1. The van der Waals surface area contributed by atoms with Crippen LogP contribution >= 0.6 is 27.5 Å². The first kappa shape index (κ1) is 12.9. The normalized spacial score (nSPS) is 11.6. The van der Waals surface area contributed by atoms with Gasteiger partial charge in [-0.15, -0.1) is 0 Å². The summed E-state index contributed by atoms with van der Waals surface area (Å²) in [5.74, 6) is -0.570. The molecule has 0 fully saturated rings. The predicted octanol–water partition coefficient (Wildman–Crippen LogP) is 1.30. The number of aliphatic hydroxyl groups excluding tert-OH is 1. The van der Waals surface area contributed by atoms with E-state index >= 15 is 0 Å². The molecule has 5 nitrogen and oxygen atoms in total. The lowest BCUT2D eigenvalue weighted by Gasteiger charge is -2.08. The maximum atomic E-state index is 11.3. The maximum absolute atomic E-state index is 11.3. The molecule has 0 aliphatic carbocycles. The van der Waals surface area contributed by atoms with E-state index in [4.69, 9.17) is 16.9 Å². The van der Waals surface area contributed by atoms with Gasteiger partial charge >= 0.3 is 0 Å². The van der Waals surface area contributed by atoms with Crippen molar-refractivity contribution >= 4 is 39.1 Å². The van der Waals surface area contributed by atoms with Gasteiger partial charge in [0.25, 0.3) is 5.91 Å². The molecule has 0 aromatic carbocycles. The molecule has 7 heteroatoms. The first-order chi connectivity index (χ1) is 7.58. The largest absolute Gasteiger partial charge is 0.382 e. The average Bonchev–Trinajstić information content (AvgIpc) is 2.28. The second-order valence-electron chi connectivity index (χ2n) is 2.83. The van der Waals surface area contributed by atoms with Crippen LogP contribution in [-0.4, -0.2) is 27.4 Å². The molecule has 1 aromatic heterocycles. The van der Waals surface area contributed by atoms with Gasteiger partial charge in [0.2, 0.25) is 0 Å². The van der Waals surface area contributed by atoms with Crippen molar-refractivity contribution in [2.24, 2.45) is 0 Å². The molecule has 1 rings (SSSR count). The van der Waals surface area contributed by atoms with Crippen LogP contribution in [0, 0.1) is 11.3 Å². The highest BCUT2D eigenvalue weighted by atomic mass is 79.9. The molecule has 0 aliphatic rings. The minimum absolute atomic E-state index is 0.0840. The fraction of sp³-hybridized carbons (Fsp3) is 0.222. The SMILES string of the molecule is N#Cc1ncc(NC(=O)C(O)CBr)cc1Cl. The molecule has 0 saturated heterocycles. The number of nitrogens with zero attached hydrogens (tertiary/aromatic N) is 2. The Morgan fingerprint density at radius 2 is 2.50 bits per heavy atom. The third-order valence-electron chi connectivity index (χ3n) is 1.66. The molecular formula is C9H7BrClN3O2. The van der Waals surface area contributed by atoms with E-state index < -0.39 is 12.0 Å². The Balaban J connectivity index is 2.80. The van der Waals surface area contributed by atoms with E-state index in [0.29, 0.717) is 5.69 Å². The van der Waals surface area contributed by atoms with E-state index in [1.807, 2.05) is 0 Å². The number of nitrogens with one attached hydrogen (secondary N) is 1. The summed E-state index contributed by atoms with van der Waals surface area (Å²) in [5.41, 5.74) is 0.412. The Morgan fingerprint density at radius 3 is 3.00 bits per heavy atom. The van der Waals surface area contributed by atoms with Crippen LogP contribution in [0.1, 0.15) is 5.69 Å². The van der Waals surface area contributed by atoms with Crippen molar-refractivity contribution in [1.29, 1.82) is 5.26 Å². The van der Waals surface area contributed by atoms with Gasteiger partial charge in [-0.3, -0.25) is 4.79 Å². The summed E-state index contributed by atoms with van der Waals surface area (Å²) < 4.78 is 0. The van der Waals surface area contributed by atoms with E-state index in [1.165, 1.54) is 12.3 Å². The number of anilines is 1. The molecule has 16 heavy (non-hydrogen) atoms. The van der Waals surface area contributed by atoms with Gasteiger partial charge in [0.1, 0.15) is 12.2 Å². The van der Waals surface area contributed by atoms with Crippen LogP contribution in [0.4, 0.5) is 5.69 Å². The van der Waals surface area contributed by atoms with Crippen LogP contribution in [0.5, 0.6) is 0 Å². The Kier molecular flexibility index (Phi) is 4.68. The zero-order valence-corrected chi connectivity index (χ0v) is 10.3. The fourth-order valence-electron chi connectivity index (χ4n) is 0.884. The molecule has 1 unspecified atom stereocenters. The second kappa shape index (κ2) is 5.80. The number of pyridine rings is 1. The summed E-state index contributed by atoms with van der Waals surface area (Å²) in [6.07, 6.45) is 0.151. The summed E-state index contributed by atoms with van der Waals surface area (Å²) in [6.45, 7) is 0. The first-order valence-corrected chi connectivity index (χ1v) is 5.69. The van der Waals surface area contributed by atoms with Gasteiger partial charge in [-0.1, -0.05) is 27.5 Å². The van der Waals surface area contributed by atoms with E-state index in [9.17, 15) is 9.90 Å². The number of aromatic nitrogens is 1. The lowest BCUT2D eigenvalue weighted by Crippen LogP contribution is -2.28. The van der Waals surface area contributed by atoms with Crippen molar-refractivity contribution < 1.29 is 9.90 Å². The van der Waals surface area contributed by atoms with Crippen LogP contribution in [0.15, 0.2) is 12.3 Å². The molecule has 1 amide bonds. The minimum Gasteiger partial charge on any atom is -0.382 e. The van der Waals surface area contributed by atoms with E-state index in [0.717, 1.165) is 0 Å². The number of alkyl halides is 1. The number of halogens is 2. The van der Waals surface area contributed by atoms with E-state index in [1.54, 1.807) is 6.07 Å². The summed E-state index contributed by atoms with van der Waals surface area (Å²) in [7, 11) is 0. The van der Waals surface area contributed by atoms with Crippen molar-refractivity contribution in [3.05, 3.63) is 23.0 Å². The molecule has 1 heterocycles. The number of hydrogen-bond acceptors (Lipinski definition) is 4. The summed E-state index contributed by atoms with van der Waals surface area (Å²) in [4.78, 5) is 15.0. The number of hydrogen-bond donors (Lipinski definition) is 2. The van der Waals surface area contributed by atoms with E-state index in [-0.39, 0.29) is 16.0 Å². The van der Waals surface area contributed by atoms with Crippen LogP contribution in [0.2, 0.25) is 5.02 Å². The average molecular weight is 305 g/mol. The molecule has 0 spiro atoms. The Morgan fingerprint density at radius 1 is 1.81 bits per heavy atom. The quantitative estimate of drug-likeness (QED) is 0.824. The van der Waals surface area contributed by atoms with Gasteiger partial charge in [-0.05, 0) is 6.07 Å². The minimum atomic E-state index is -1.14. The standard InChI is InChI=1S/C9H7BrClN3O2/c10-2-8(15)9(16)14-5-1-6(11)7(3-12)13-4-5/h1,4,8,15H,2H2,(H,14,16). The summed E-state index contributed by atoms with van der Waals surface area (Å²) in [6, 6.07) is 3.19. The zero-order valence-electron chi connectivity index (χ0n) is 7.94. The van der Waals surface area contributed by atoms with Gasteiger partial charge in [0, 0.05) is 5.33 Å². The molecule has 0 saturated carbocycles. The molecule has 1 atom stereocenters. The molecule has 0 bridgehead atoms. The molecular weight excluding hydrogens is 297 g/mol. The number of carbonyl (C=O) groups is 1. The topological polar surface area (TPSA) is 86.0 Å². The first-order valence-electron chi connectivity index (χ1n) is 4.19. The summed E-state index contributed by atoms with van der Waals surface area (Å²) >= 11 is 8.69. The lowest BCUT2D eigenvalue weighted by molar-refractivity contribution is -0.122. The molecule has 0 radical (unpaired) electrons. The van der Waals surface area contributed by atoms with Crippen molar-refractivity contribution in [3.63, 3.8) is 0 Å². The van der Waals surface area contributed by atoms with Crippen molar-refractivity contribution in [2.75, 3.05) is 10.6 Å². The zero-order chi connectivity index (χ0) is 12.1. The third kappa shape index (κ3) is 3.17. The molecule has 2 N–H and O–H groups in total. The molecule has 84 valence electrons. The predicted molar refractivity (Wildman–Crippen MR) is 62.4 cm³/mol. The van der Waals surface area contributed by atoms with Gasteiger partial charge in [-0.25, -0.2) is 4.98 Å². The highest BCUT2D eigenvalue weighted by Gasteiger charge is 2.14. The Bertz CT molecular complexity index is 447. The van der Waals surface area contributed by atoms with Crippen LogP contribution < -0.4 is 5.32 Å². The highest BCUT2D eigenvalue weighted by Crippen LogP contribution is 2.17. The van der Waals surface area contributed by atoms with Crippen molar-refractivity contribution in [3.8, 4) is 6.07 Å². The van der Waals surface area contributed by atoms with Crippen LogP contribution in [-0.2, 0) is 4.79 Å². The Labute approximate surface area is 105 Å². The monoisotopic (exact) mass is 303 g/mol. The number of rotatable bonds is 3. The maximum Gasteiger partial charge on any atom is 0.254 e. The Hall–Kier alpha value is -1.16. The number of aliphatic hydroxyl groups is 1. The van der Waals surface area contributed by atoms with Crippen LogP contribution in [0.3, 0.4) is 0 Å². The van der Waals surface area contributed by atoms with Gasteiger partial charge in [-0.2, -0.15) is 5.26 Å². The fourth-order valence-corrected chi connectivity index (χ4v) is 1.39. The molecule has 1 aromatic rings. The van der Waals surface area contributed by atoms with Crippen molar-refractivity contribution in [1.82, 2.24) is 4.98 Å². The van der Waals surface area contributed by atoms with Crippen LogP contribution in [0.25, 0.3) is 0 Å². The smallest absolute Gasteiger partial charge is 0.254 e. The second-order valence-corrected chi connectivity index (χ2v) is 3.88. The highest BCUT2D eigenvalue weighted by molar-refractivity contribution is 9.09.